The molecule has 2 atom stereocenters. The minimum atomic E-state index is -1.29. The average molecular weight is 456 g/mol. The number of rotatable bonds is 6. The molecule has 1 N–H and O–H groups in total. The molecule has 3 aromatic heterocycles. The van der Waals surface area contributed by atoms with Crippen molar-refractivity contribution in [3.8, 4) is 5.88 Å². The van der Waals surface area contributed by atoms with E-state index in [2.05, 4.69) is 32.6 Å². The third-order valence-corrected chi connectivity index (χ3v) is 7.03. The first-order chi connectivity index (χ1) is 15.5. The molecule has 1 aliphatic heterocycles. The maximum absolute atomic E-state index is 14.7. The quantitative estimate of drug-likeness (QED) is 0.542. The highest BCUT2D eigenvalue weighted by molar-refractivity contribution is 7.15. The Hall–Kier alpha value is -2.94. The number of fused-ring (bicyclic) bond motifs is 1. The molecule has 2 aliphatic rings. The molecule has 1 amide bonds. The largest absolute Gasteiger partial charge is 0.469 e. The Bertz CT molecular complexity index is 1150. The zero-order valence-electron chi connectivity index (χ0n) is 18.0. The summed E-state index contributed by atoms with van der Waals surface area (Å²) in [5.74, 6) is 0.682. The number of carbonyl (C=O) groups is 1. The van der Waals surface area contributed by atoms with Crippen LogP contribution in [0.3, 0.4) is 0 Å². The molecule has 0 radical (unpaired) electrons. The van der Waals surface area contributed by atoms with E-state index in [1.54, 1.807) is 11.3 Å². The van der Waals surface area contributed by atoms with Crippen molar-refractivity contribution in [3.05, 3.63) is 42.1 Å². The summed E-state index contributed by atoms with van der Waals surface area (Å²) >= 11 is 1.54. The van der Waals surface area contributed by atoms with E-state index in [0.717, 1.165) is 33.8 Å². The van der Waals surface area contributed by atoms with Crippen LogP contribution in [0.25, 0.3) is 10.9 Å². The molecule has 32 heavy (non-hydrogen) atoms. The normalized spacial score (nSPS) is 21.4. The van der Waals surface area contributed by atoms with Crippen LogP contribution in [0.1, 0.15) is 36.6 Å². The Kier molecular flexibility index (Phi) is 5.58. The highest BCUT2D eigenvalue weighted by Crippen LogP contribution is 2.37. The van der Waals surface area contributed by atoms with Crippen LogP contribution in [0, 0.1) is 6.92 Å². The fourth-order valence-electron chi connectivity index (χ4n) is 4.60. The Morgan fingerprint density at radius 2 is 2.19 bits per heavy atom. The lowest BCUT2D eigenvalue weighted by Gasteiger charge is -2.18. The summed E-state index contributed by atoms with van der Waals surface area (Å²) in [5, 5.41) is 4.86. The van der Waals surface area contributed by atoms with Crippen molar-refractivity contribution in [2.75, 3.05) is 18.4 Å². The number of hydrogen-bond donors (Lipinski definition) is 1. The van der Waals surface area contributed by atoms with Gasteiger partial charge in [-0.2, -0.15) is 4.98 Å². The van der Waals surface area contributed by atoms with Crippen molar-refractivity contribution in [3.63, 3.8) is 0 Å². The molecule has 168 valence electrons. The number of aromatic nitrogens is 3. The molecule has 1 saturated heterocycles. The van der Waals surface area contributed by atoms with Gasteiger partial charge in [-0.25, -0.2) is 9.37 Å². The Morgan fingerprint density at radius 1 is 1.38 bits per heavy atom. The van der Waals surface area contributed by atoms with Gasteiger partial charge < -0.3 is 19.5 Å². The second-order valence-corrected chi connectivity index (χ2v) is 9.66. The van der Waals surface area contributed by atoms with Crippen molar-refractivity contribution in [2.24, 2.45) is 0 Å². The summed E-state index contributed by atoms with van der Waals surface area (Å²) in [6, 6.07) is 4.44. The van der Waals surface area contributed by atoms with Crippen molar-refractivity contribution in [1.29, 1.82) is 0 Å². The van der Waals surface area contributed by atoms with E-state index >= 15 is 0 Å². The fraction of sp³-hybridized carbons (Fsp3) is 0.435. The maximum Gasteiger partial charge on any atom is 0.246 e. The van der Waals surface area contributed by atoms with Gasteiger partial charge in [0.2, 0.25) is 11.8 Å². The SMILES string of the molecule is C=CC(=O)N1C[C@@H](F)[C@H](Oc2nc(Nc3ncc(C)s3)cc3c2ccn3C2CCCC2)C1. The molecular weight excluding hydrogens is 429 g/mol. The predicted molar refractivity (Wildman–Crippen MR) is 123 cm³/mol. The van der Waals surface area contributed by atoms with Crippen molar-refractivity contribution >= 4 is 39.1 Å². The zero-order valence-corrected chi connectivity index (χ0v) is 18.8. The van der Waals surface area contributed by atoms with Crippen molar-refractivity contribution < 1.29 is 13.9 Å². The molecule has 1 aliphatic carbocycles. The molecule has 3 aromatic rings. The van der Waals surface area contributed by atoms with Crippen LogP contribution >= 0.6 is 11.3 Å². The van der Waals surface area contributed by atoms with Crippen molar-refractivity contribution in [2.45, 2.75) is 50.9 Å². The average Bonchev–Trinajstić information content (AvgIpc) is 3.56. The van der Waals surface area contributed by atoms with Crippen LogP contribution in [0.5, 0.6) is 5.88 Å². The summed E-state index contributed by atoms with van der Waals surface area (Å²) < 4.78 is 23.1. The Balaban J connectivity index is 1.50. The number of amides is 1. The van der Waals surface area contributed by atoms with Gasteiger partial charge in [-0.05, 0) is 31.9 Å². The van der Waals surface area contributed by atoms with E-state index in [1.165, 1.54) is 23.8 Å². The lowest BCUT2D eigenvalue weighted by Crippen LogP contribution is -2.30. The van der Waals surface area contributed by atoms with Crippen molar-refractivity contribution in [1.82, 2.24) is 19.4 Å². The maximum atomic E-state index is 14.7. The van der Waals surface area contributed by atoms with Gasteiger partial charge in [-0.15, -0.1) is 11.3 Å². The molecule has 7 nitrogen and oxygen atoms in total. The minimum Gasteiger partial charge on any atom is -0.469 e. The van der Waals surface area contributed by atoms with E-state index in [4.69, 9.17) is 4.74 Å². The smallest absolute Gasteiger partial charge is 0.246 e. The van der Waals surface area contributed by atoms with Gasteiger partial charge in [0, 0.05) is 29.4 Å². The summed E-state index contributed by atoms with van der Waals surface area (Å²) in [4.78, 5) is 23.5. The van der Waals surface area contributed by atoms with Crippen LogP contribution in [-0.2, 0) is 4.79 Å². The molecular formula is C23H26FN5O2S. The molecule has 1 saturated carbocycles. The van der Waals surface area contributed by atoms with E-state index in [-0.39, 0.29) is 19.0 Å². The standard InChI is InChI=1S/C23H26FN5O2S/c1-3-21(30)28-12-17(24)19(13-28)31-22-16-8-9-29(15-6-4-5-7-15)18(16)10-20(26-22)27-23-25-11-14(2)32-23/h3,8-11,15,17,19H,1,4-7,12-13H2,2H3,(H,25,26,27)/t17-,19-/m1/s1. The third-order valence-electron chi connectivity index (χ3n) is 6.20. The molecule has 0 aromatic carbocycles. The number of halogens is 1. The lowest BCUT2D eigenvalue weighted by molar-refractivity contribution is -0.125. The second-order valence-electron chi connectivity index (χ2n) is 8.43. The van der Waals surface area contributed by atoms with Gasteiger partial charge in [-0.3, -0.25) is 4.79 Å². The summed E-state index contributed by atoms with van der Waals surface area (Å²) in [6.45, 7) is 5.65. The highest BCUT2D eigenvalue weighted by atomic mass is 32.1. The highest BCUT2D eigenvalue weighted by Gasteiger charge is 2.37. The number of carbonyl (C=O) groups excluding carboxylic acids is 1. The summed E-state index contributed by atoms with van der Waals surface area (Å²) in [7, 11) is 0. The number of alkyl halides is 1. The molecule has 2 fully saturated rings. The molecule has 0 unspecified atom stereocenters. The molecule has 9 heteroatoms. The molecule has 4 heterocycles. The van der Waals surface area contributed by atoms with Crippen LogP contribution in [-0.4, -0.2) is 50.7 Å². The minimum absolute atomic E-state index is 0.00190. The number of pyridine rings is 1. The Labute approximate surface area is 189 Å². The topological polar surface area (TPSA) is 72.3 Å². The Morgan fingerprint density at radius 3 is 2.91 bits per heavy atom. The first-order valence-electron chi connectivity index (χ1n) is 10.9. The van der Waals surface area contributed by atoms with Crippen LogP contribution in [0.2, 0.25) is 0 Å². The third kappa shape index (κ3) is 3.97. The van der Waals surface area contributed by atoms with Gasteiger partial charge in [-0.1, -0.05) is 19.4 Å². The fourth-order valence-corrected chi connectivity index (χ4v) is 5.27. The van der Waals surface area contributed by atoms with Gasteiger partial charge in [0.15, 0.2) is 17.4 Å². The van der Waals surface area contributed by atoms with Gasteiger partial charge in [0.25, 0.3) is 0 Å². The molecule has 0 spiro atoms. The van der Waals surface area contributed by atoms with Crippen LogP contribution in [0.4, 0.5) is 15.3 Å². The van der Waals surface area contributed by atoms with E-state index in [9.17, 15) is 9.18 Å². The summed E-state index contributed by atoms with van der Waals surface area (Å²) in [5.41, 5.74) is 1.00. The monoisotopic (exact) mass is 455 g/mol. The second kappa shape index (κ2) is 8.54. The van der Waals surface area contributed by atoms with E-state index in [0.29, 0.717) is 17.7 Å². The van der Waals surface area contributed by atoms with E-state index < -0.39 is 12.3 Å². The van der Waals surface area contributed by atoms with Crippen LogP contribution in [0.15, 0.2) is 37.2 Å². The predicted octanol–water partition coefficient (Wildman–Crippen LogP) is 4.77. The number of ether oxygens (including phenoxy) is 1. The first-order valence-corrected chi connectivity index (χ1v) is 11.8. The van der Waals surface area contributed by atoms with Gasteiger partial charge in [0.1, 0.15) is 5.82 Å². The number of anilines is 2. The number of likely N-dealkylation sites (tertiary alicyclic amines) is 1. The molecule has 5 rings (SSSR count). The molecule has 0 bridgehead atoms. The van der Waals surface area contributed by atoms with E-state index in [1.807, 2.05) is 25.3 Å². The summed E-state index contributed by atoms with van der Waals surface area (Å²) in [6.07, 6.45) is 7.75. The number of hydrogen-bond acceptors (Lipinski definition) is 6. The van der Waals surface area contributed by atoms with Crippen LogP contribution < -0.4 is 10.1 Å². The first kappa shape index (κ1) is 20.9. The van der Waals surface area contributed by atoms with Gasteiger partial charge in [0.05, 0.1) is 24.0 Å². The number of thiazole rings is 1. The van der Waals surface area contributed by atoms with Gasteiger partial charge >= 0.3 is 0 Å². The lowest BCUT2D eigenvalue weighted by atomic mass is 10.2. The zero-order chi connectivity index (χ0) is 22.2. The number of nitrogens with one attached hydrogen (secondary N) is 1. The number of aryl methyl sites for hydroxylation is 1. The number of nitrogens with zero attached hydrogens (tertiary/aromatic N) is 4.